The zero-order chi connectivity index (χ0) is 19.3. The van der Waals surface area contributed by atoms with Crippen molar-refractivity contribution in [3.8, 4) is 0 Å². The molecule has 1 atom stereocenters. The molecule has 0 aliphatic rings. The van der Waals surface area contributed by atoms with Crippen LogP contribution in [-0.4, -0.2) is 17.9 Å². The van der Waals surface area contributed by atoms with Crippen LogP contribution in [0.1, 0.15) is 27.7 Å². The second-order valence-corrected chi connectivity index (χ2v) is 8.06. The van der Waals surface area contributed by atoms with Gasteiger partial charge < -0.3 is 16.0 Å². The van der Waals surface area contributed by atoms with Gasteiger partial charge in [-0.15, -0.1) is 0 Å². The van der Waals surface area contributed by atoms with E-state index in [1.54, 1.807) is 6.92 Å². The van der Waals surface area contributed by atoms with E-state index >= 15 is 0 Å². The summed E-state index contributed by atoms with van der Waals surface area (Å²) in [5.74, 6) is -0.169. The molecule has 2 amide bonds. The predicted molar refractivity (Wildman–Crippen MR) is 110 cm³/mol. The fraction of sp³-hybridized carbons (Fsp3) is 0.300. The number of rotatable bonds is 5. The number of carbonyl (C=O) groups is 2. The molecule has 0 saturated heterocycles. The van der Waals surface area contributed by atoms with Crippen molar-refractivity contribution in [3.63, 3.8) is 0 Å². The monoisotopic (exact) mass is 417 g/mol. The third-order valence-corrected chi connectivity index (χ3v) is 4.24. The SMILES string of the molecule is CC(Nc1ccc(NC(=O)C(C)(C)C)cc1)C(=O)Nc1ccc(Br)cc1. The molecule has 0 aromatic heterocycles. The second kappa shape index (κ2) is 8.36. The lowest BCUT2D eigenvalue weighted by Crippen LogP contribution is -2.31. The molecule has 2 aromatic carbocycles. The normalized spacial score (nSPS) is 12.2. The molecular formula is C20H24BrN3O2. The summed E-state index contributed by atoms with van der Waals surface area (Å²) in [6, 6.07) is 14.3. The van der Waals surface area contributed by atoms with E-state index in [-0.39, 0.29) is 11.8 Å². The summed E-state index contributed by atoms with van der Waals surface area (Å²) in [6.07, 6.45) is 0. The molecule has 5 nitrogen and oxygen atoms in total. The van der Waals surface area contributed by atoms with Gasteiger partial charge in [0.05, 0.1) is 0 Å². The molecule has 0 heterocycles. The Balaban J connectivity index is 1.92. The Bertz CT molecular complexity index is 765. The highest BCUT2D eigenvalue weighted by molar-refractivity contribution is 9.10. The van der Waals surface area contributed by atoms with Gasteiger partial charge in [0, 0.05) is 26.9 Å². The summed E-state index contributed by atoms with van der Waals surface area (Å²) in [6.45, 7) is 7.39. The van der Waals surface area contributed by atoms with E-state index in [1.807, 2.05) is 69.3 Å². The molecule has 0 saturated carbocycles. The van der Waals surface area contributed by atoms with Gasteiger partial charge >= 0.3 is 0 Å². The zero-order valence-electron chi connectivity index (χ0n) is 15.4. The number of carbonyl (C=O) groups excluding carboxylic acids is 2. The van der Waals surface area contributed by atoms with E-state index in [4.69, 9.17) is 0 Å². The molecule has 138 valence electrons. The van der Waals surface area contributed by atoms with E-state index in [0.717, 1.165) is 21.5 Å². The summed E-state index contributed by atoms with van der Waals surface area (Å²) in [5, 5.41) is 8.89. The molecule has 0 bridgehead atoms. The molecule has 2 aromatic rings. The highest BCUT2D eigenvalue weighted by Crippen LogP contribution is 2.20. The van der Waals surface area contributed by atoms with Gasteiger partial charge in [0.25, 0.3) is 0 Å². The standard InChI is InChI=1S/C20H24BrN3O2/c1-13(18(25)23-16-7-5-14(21)6-8-16)22-15-9-11-17(12-10-15)24-19(26)20(2,3)4/h5-13,22H,1-4H3,(H,23,25)(H,24,26). The fourth-order valence-corrected chi connectivity index (χ4v) is 2.33. The second-order valence-electron chi connectivity index (χ2n) is 7.14. The van der Waals surface area contributed by atoms with Crippen molar-refractivity contribution in [1.82, 2.24) is 0 Å². The number of nitrogens with one attached hydrogen (secondary N) is 3. The Labute approximate surface area is 162 Å². The quantitative estimate of drug-likeness (QED) is 0.649. The average Bonchev–Trinajstić information content (AvgIpc) is 2.57. The summed E-state index contributed by atoms with van der Waals surface area (Å²) in [5.41, 5.74) is 1.82. The summed E-state index contributed by atoms with van der Waals surface area (Å²) >= 11 is 3.36. The van der Waals surface area contributed by atoms with Gasteiger partial charge in [-0.25, -0.2) is 0 Å². The maximum absolute atomic E-state index is 12.3. The van der Waals surface area contributed by atoms with Crippen LogP contribution in [0.25, 0.3) is 0 Å². The first-order valence-corrected chi connectivity index (χ1v) is 9.19. The van der Waals surface area contributed by atoms with E-state index in [9.17, 15) is 9.59 Å². The number of hydrogen-bond acceptors (Lipinski definition) is 3. The lowest BCUT2D eigenvalue weighted by Gasteiger charge is -2.18. The lowest BCUT2D eigenvalue weighted by atomic mass is 9.95. The lowest BCUT2D eigenvalue weighted by molar-refractivity contribution is -0.123. The third-order valence-electron chi connectivity index (χ3n) is 3.71. The number of halogens is 1. The van der Waals surface area contributed by atoms with Crippen LogP contribution < -0.4 is 16.0 Å². The Hall–Kier alpha value is -2.34. The van der Waals surface area contributed by atoms with E-state index in [2.05, 4.69) is 31.9 Å². The minimum atomic E-state index is -0.448. The maximum atomic E-state index is 12.3. The van der Waals surface area contributed by atoms with E-state index < -0.39 is 11.5 Å². The molecule has 0 fully saturated rings. The molecule has 2 rings (SSSR count). The van der Waals surface area contributed by atoms with E-state index in [1.165, 1.54) is 0 Å². The van der Waals surface area contributed by atoms with Gasteiger partial charge in [0.15, 0.2) is 0 Å². The maximum Gasteiger partial charge on any atom is 0.246 e. The Morgan fingerprint density at radius 2 is 1.31 bits per heavy atom. The fourth-order valence-electron chi connectivity index (χ4n) is 2.07. The van der Waals surface area contributed by atoms with Crippen molar-refractivity contribution in [2.24, 2.45) is 5.41 Å². The Kier molecular flexibility index (Phi) is 6.42. The predicted octanol–water partition coefficient (Wildman–Crippen LogP) is 4.87. The highest BCUT2D eigenvalue weighted by atomic mass is 79.9. The van der Waals surface area contributed by atoms with Crippen LogP contribution in [0.2, 0.25) is 0 Å². The molecule has 0 aliphatic carbocycles. The Morgan fingerprint density at radius 1 is 0.846 bits per heavy atom. The van der Waals surface area contributed by atoms with Crippen LogP contribution in [0.4, 0.5) is 17.1 Å². The van der Waals surface area contributed by atoms with Gasteiger partial charge in [0.1, 0.15) is 6.04 Å². The van der Waals surface area contributed by atoms with Crippen LogP contribution in [0.5, 0.6) is 0 Å². The highest BCUT2D eigenvalue weighted by Gasteiger charge is 2.21. The molecule has 3 N–H and O–H groups in total. The average molecular weight is 418 g/mol. The minimum absolute atomic E-state index is 0.0412. The van der Waals surface area contributed by atoms with Gasteiger partial charge in [-0.05, 0) is 55.5 Å². The molecular weight excluding hydrogens is 394 g/mol. The van der Waals surface area contributed by atoms with Crippen molar-refractivity contribution >= 4 is 44.8 Å². The van der Waals surface area contributed by atoms with Crippen molar-refractivity contribution in [3.05, 3.63) is 53.0 Å². The van der Waals surface area contributed by atoms with Crippen molar-refractivity contribution in [2.45, 2.75) is 33.7 Å². The summed E-state index contributed by atoms with van der Waals surface area (Å²) in [7, 11) is 0. The Morgan fingerprint density at radius 3 is 1.85 bits per heavy atom. The number of hydrogen-bond donors (Lipinski definition) is 3. The molecule has 6 heteroatoms. The summed E-state index contributed by atoms with van der Waals surface area (Å²) < 4.78 is 0.959. The van der Waals surface area contributed by atoms with Gasteiger partial charge in [0.2, 0.25) is 11.8 Å². The topological polar surface area (TPSA) is 70.2 Å². The van der Waals surface area contributed by atoms with Crippen molar-refractivity contribution in [1.29, 1.82) is 0 Å². The van der Waals surface area contributed by atoms with Crippen LogP contribution in [-0.2, 0) is 9.59 Å². The van der Waals surface area contributed by atoms with E-state index in [0.29, 0.717) is 0 Å². The molecule has 26 heavy (non-hydrogen) atoms. The molecule has 0 spiro atoms. The van der Waals surface area contributed by atoms with Gasteiger partial charge in [-0.3, -0.25) is 9.59 Å². The van der Waals surface area contributed by atoms with Gasteiger partial charge in [-0.2, -0.15) is 0 Å². The van der Waals surface area contributed by atoms with Crippen LogP contribution in [0, 0.1) is 5.41 Å². The largest absolute Gasteiger partial charge is 0.374 e. The van der Waals surface area contributed by atoms with Crippen LogP contribution >= 0.6 is 15.9 Å². The smallest absolute Gasteiger partial charge is 0.246 e. The number of amides is 2. The van der Waals surface area contributed by atoms with Gasteiger partial charge in [-0.1, -0.05) is 36.7 Å². The van der Waals surface area contributed by atoms with Crippen molar-refractivity contribution < 1.29 is 9.59 Å². The molecule has 0 radical (unpaired) electrons. The summed E-state index contributed by atoms with van der Waals surface area (Å²) in [4.78, 5) is 24.3. The first kappa shape index (κ1) is 20.0. The molecule has 1 unspecified atom stereocenters. The van der Waals surface area contributed by atoms with Crippen LogP contribution in [0.3, 0.4) is 0 Å². The first-order chi connectivity index (χ1) is 12.1. The molecule has 0 aliphatic heterocycles. The van der Waals surface area contributed by atoms with Crippen molar-refractivity contribution in [2.75, 3.05) is 16.0 Å². The van der Waals surface area contributed by atoms with Crippen LogP contribution in [0.15, 0.2) is 53.0 Å². The number of anilines is 3. The number of benzene rings is 2. The third kappa shape index (κ3) is 5.88. The minimum Gasteiger partial charge on any atom is -0.374 e. The first-order valence-electron chi connectivity index (χ1n) is 8.39. The zero-order valence-corrected chi connectivity index (χ0v) is 17.0.